The van der Waals surface area contributed by atoms with E-state index >= 15 is 0 Å². The number of hydrogen-bond donors (Lipinski definition) is 0. The van der Waals surface area contributed by atoms with Gasteiger partial charge >= 0.3 is 0 Å². The van der Waals surface area contributed by atoms with Gasteiger partial charge in [0.25, 0.3) is 5.91 Å². The summed E-state index contributed by atoms with van der Waals surface area (Å²) in [5.41, 5.74) is 1.54. The van der Waals surface area contributed by atoms with Gasteiger partial charge in [0.15, 0.2) is 0 Å². The SMILES string of the molecule is C=CC(=O)N1CCN(C(=O)c2ccc(C)c(Cl)c2)C[C@@H]1C(C)C. The first-order valence-corrected chi connectivity index (χ1v) is 8.21. The molecule has 0 N–H and O–H groups in total. The summed E-state index contributed by atoms with van der Waals surface area (Å²) >= 11 is 6.12. The Labute approximate surface area is 142 Å². The third kappa shape index (κ3) is 3.75. The summed E-state index contributed by atoms with van der Waals surface area (Å²) in [4.78, 5) is 28.3. The zero-order valence-electron chi connectivity index (χ0n) is 13.9. The highest BCUT2D eigenvalue weighted by Gasteiger charge is 2.33. The van der Waals surface area contributed by atoms with Crippen LogP contribution < -0.4 is 0 Å². The number of benzene rings is 1. The van der Waals surface area contributed by atoms with Crippen molar-refractivity contribution < 1.29 is 9.59 Å². The largest absolute Gasteiger partial charge is 0.335 e. The molecule has 124 valence electrons. The molecule has 1 heterocycles. The van der Waals surface area contributed by atoms with Gasteiger partial charge in [-0.25, -0.2) is 0 Å². The first-order valence-electron chi connectivity index (χ1n) is 7.83. The Kier molecular flexibility index (Phi) is 5.47. The minimum Gasteiger partial charge on any atom is -0.335 e. The number of rotatable bonds is 3. The number of aryl methyl sites for hydroxylation is 1. The second kappa shape index (κ2) is 7.18. The van der Waals surface area contributed by atoms with E-state index in [4.69, 9.17) is 11.6 Å². The van der Waals surface area contributed by atoms with Crippen molar-refractivity contribution in [1.82, 2.24) is 9.80 Å². The Bertz CT molecular complexity index is 627. The second-order valence-corrected chi connectivity index (χ2v) is 6.67. The molecular weight excluding hydrogens is 312 g/mol. The maximum atomic E-state index is 12.7. The van der Waals surface area contributed by atoms with Gasteiger partial charge in [-0.15, -0.1) is 0 Å². The summed E-state index contributed by atoms with van der Waals surface area (Å²) in [7, 11) is 0. The van der Waals surface area contributed by atoms with Gasteiger partial charge < -0.3 is 9.80 Å². The summed E-state index contributed by atoms with van der Waals surface area (Å²) in [6.07, 6.45) is 1.34. The fraction of sp³-hybridized carbons (Fsp3) is 0.444. The van der Waals surface area contributed by atoms with Gasteiger partial charge in [0.1, 0.15) is 0 Å². The van der Waals surface area contributed by atoms with Gasteiger partial charge in [-0.3, -0.25) is 9.59 Å². The van der Waals surface area contributed by atoms with Crippen molar-refractivity contribution in [3.8, 4) is 0 Å². The van der Waals surface area contributed by atoms with Crippen molar-refractivity contribution in [2.75, 3.05) is 19.6 Å². The second-order valence-electron chi connectivity index (χ2n) is 6.26. The quantitative estimate of drug-likeness (QED) is 0.797. The van der Waals surface area contributed by atoms with E-state index in [1.165, 1.54) is 6.08 Å². The monoisotopic (exact) mass is 334 g/mol. The molecule has 0 unspecified atom stereocenters. The number of nitrogens with zero attached hydrogens (tertiary/aromatic N) is 2. The lowest BCUT2D eigenvalue weighted by atomic mass is 9.98. The first kappa shape index (κ1) is 17.5. The van der Waals surface area contributed by atoms with Gasteiger partial charge in [-0.05, 0) is 36.6 Å². The van der Waals surface area contributed by atoms with E-state index in [-0.39, 0.29) is 23.8 Å². The summed E-state index contributed by atoms with van der Waals surface area (Å²) in [6, 6.07) is 5.37. The van der Waals surface area contributed by atoms with Gasteiger partial charge in [0.05, 0.1) is 6.04 Å². The van der Waals surface area contributed by atoms with E-state index < -0.39 is 0 Å². The highest BCUT2D eigenvalue weighted by Crippen LogP contribution is 2.22. The number of carbonyl (C=O) groups is 2. The predicted octanol–water partition coefficient (Wildman–Crippen LogP) is 3.14. The van der Waals surface area contributed by atoms with Gasteiger partial charge in [-0.1, -0.05) is 38.1 Å². The van der Waals surface area contributed by atoms with Crippen molar-refractivity contribution in [3.63, 3.8) is 0 Å². The molecule has 5 heteroatoms. The van der Waals surface area contributed by atoms with Crippen LogP contribution in [0.2, 0.25) is 5.02 Å². The van der Waals surface area contributed by atoms with E-state index in [1.54, 1.807) is 17.0 Å². The van der Waals surface area contributed by atoms with Crippen LogP contribution in [0.3, 0.4) is 0 Å². The molecule has 0 aromatic heterocycles. The first-order chi connectivity index (χ1) is 10.8. The predicted molar refractivity (Wildman–Crippen MR) is 92.6 cm³/mol. The van der Waals surface area contributed by atoms with Crippen LogP contribution >= 0.6 is 11.6 Å². The highest BCUT2D eigenvalue weighted by molar-refractivity contribution is 6.31. The number of hydrogen-bond acceptors (Lipinski definition) is 2. The van der Waals surface area contributed by atoms with E-state index in [9.17, 15) is 9.59 Å². The minimum absolute atomic E-state index is 0.000815. The van der Waals surface area contributed by atoms with Crippen LogP contribution in [0.15, 0.2) is 30.9 Å². The van der Waals surface area contributed by atoms with Crippen LogP contribution in [0.5, 0.6) is 0 Å². The number of carbonyl (C=O) groups excluding carboxylic acids is 2. The standard InChI is InChI=1S/C18H23ClN2O2/c1-5-17(22)21-9-8-20(11-16(21)12(2)3)18(23)14-7-6-13(4)15(19)10-14/h5-7,10,12,16H,1,8-9,11H2,2-4H3/t16-/m1/s1. The fourth-order valence-corrected chi connectivity index (χ4v) is 3.04. The normalized spacial score (nSPS) is 18.2. The highest BCUT2D eigenvalue weighted by atomic mass is 35.5. The summed E-state index contributed by atoms with van der Waals surface area (Å²) in [6.45, 7) is 11.2. The van der Waals surface area contributed by atoms with Crippen molar-refractivity contribution in [2.45, 2.75) is 26.8 Å². The zero-order chi connectivity index (χ0) is 17.1. The maximum absolute atomic E-state index is 12.7. The Hall–Kier alpha value is -1.81. The smallest absolute Gasteiger partial charge is 0.254 e. The summed E-state index contributed by atoms with van der Waals surface area (Å²) in [5, 5.41) is 0.594. The lowest BCUT2D eigenvalue weighted by Gasteiger charge is -2.43. The van der Waals surface area contributed by atoms with Crippen LogP contribution in [0.1, 0.15) is 29.8 Å². The summed E-state index contributed by atoms with van der Waals surface area (Å²) in [5.74, 6) is 0.147. The van der Waals surface area contributed by atoms with Crippen LogP contribution in [0.25, 0.3) is 0 Å². The minimum atomic E-state index is -0.0748. The molecule has 1 aliphatic heterocycles. The Balaban J connectivity index is 2.18. The molecule has 0 spiro atoms. The van der Waals surface area contributed by atoms with E-state index in [1.807, 2.05) is 17.9 Å². The molecular formula is C18H23ClN2O2. The van der Waals surface area contributed by atoms with Crippen LogP contribution in [-0.4, -0.2) is 47.3 Å². The van der Waals surface area contributed by atoms with Crippen molar-refractivity contribution in [1.29, 1.82) is 0 Å². The molecule has 0 saturated carbocycles. The van der Waals surface area contributed by atoms with Crippen molar-refractivity contribution in [2.24, 2.45) is 5.92 Å². The molecule has 1 aromatic rings. The molecule has 23 heavy (non-hydrogen) atoms. The lowest BCUT2D eigenvalue weighted by Crippen LogP contribution is -2.58. The third-order valence-corrected chi connectivity index (χ3v) is 4.76. The average molecular weight is 335 g/mol. The molecule has 1 fully saturated rings. The number of halogens is 1. The van der Waals surface area contributed by atoms with Crippen LogP contribution in [-0.2, 0) is 4.79 Å². The Morgan fingerprint density at radius 2 is 2.04 bits per heavy atom. The van der Waals surface area contributed by atoms with Crippen molar-refractivity contribution in [3.05, 3.63) is 47.0 Å². The topological polar surface area (TPSA) is 40.6 Å². The molecule has 1 atom stereocenters. The molecule has 2 rings (SSSR count). The Morgan fingerprint density at radius 3 is 2.61 bits per heavy atom. The Morgan fingerprint density at radius 1 is 1.35 bits per heavy atom. The molecule has 4 nitrogen and oxygen atoms in total. The van der Waals surface area contributed by atoms with E-state index in [0.717, 1.165) is 5.56 Å². The van der Waals surface area contributed by atoms with E-state index in [2.05, 4.69) is 20.4 Å². The average Bonchev–Trinajstić information content (AvgIpc) is 2.55. The molecule has 1 saturated heterocycles. The maximum Gasteiger partial charge on any atom is 0.254 e. The molecule has 1 aliphatic rings. The van der Waals surface area contributed by atoms with Gasteiger partial charge in [0, 0.05) is 30.2 Å². The van der Waals surface area contributed by atoms with Crippen LogP contribution in [0.4, 0.5) is 0 Å². The molecule has 0 aliphatic carbocycles. The summed E-state index contributed by atoms with van der Waals surface area (Å²) < 4.78 is 0. The van der Waals surface area contributed by atoms with E-state index in [0.29, 0.717) is 30.2 Å². The molecule has 2 amide bonds. The third-order valence-electron chi connectivity index (χ3n) is 4.35. The zero-order valence-corrected chi connectivity index (χ0v) is 14.6. The van der Waals surface area contributed by atoms with Gasteiger partial charge in [-0.2, -0.15) is 0 Å². The van der Waals surface area contributed by atoms with Crippen molar-refractivity contribution >= 4 is 23.4 Å². The molecule has 0 bridgehead atoms. The molecule has 0 radical (unpaired) electrons. The van der Waals surface area contributed by atoms with Crippen LogP contribution in [0, 0.1) is 12.8 Å². The fourth-order valence-electron chi connectivity index (χ4n) is 2.86. The number of piperazine rings is 1. The number of amides is 2. The lowest BCUT2D eigenvalue weighted by molar-refractivity contribution is -0.131. The molecule has 1 aromatic carbocycles. The van der Waals surface area contributed by atoms with Gasteiger partial charge in [0.2, 0.25) is 5.91 Å².